The zero-order valence-electron chi connectivity index (χ0n) is 13.2. The maximum atomic E-state index is 5.88. The lowest BCUT2D eigenvalue weighted by molar-refractivity contribution is 0.148. The summed E-state index contributed by atoms with van der Waals surface area (Å²) in [7, 11) is 0. The third kappa shape index (κ3) is 3.87. The topological polar surface area (TPSA) is 25.4 Å². The molecular formula is C18H24N2OS. The molecule has 1 unspecified atom stereocenters. The van der Waals surface area contributed by atoms with E-state index in [-0.39, 0.29) is 0 Å². The van der Waals surface area contributed by atoms with Gasteiger partial charge < -0.3 is 4.74 Å². The van der Waals surface area contributed by atoms with Crippen LogP contribution in [0.15, 0.2) is 35.8 Å². The number of nitrogens with zero attached hydrogens (tertiary/aromatic N) is 2. The second kappa shape index (κ2) is 7.75. The number of hydrogen-bond donors (Lipinski definition) is 0. The van der Waals surface area contributed by atoms with Crippen LogP contribution in [0.4, 0.5) is 0 Å². The van der Waals surface area contributed by atoms with Crippen molar-refractivity contribution in [2.24, 2.45) is 0 Å². The first-order valence-electron chi connectivity index (χ1n) is 8.20. The Kier molecular flexibility index (Phi) is 5.46. The van der Waals surface area contributed by atoms with Crippen molar-refractivity contribution in [1.29, 1.82) is 0 Å². The summed E-state index contributed by atoms with van der Waals surface area (Å²) in [4.78, 5) is 8.56. The second-order valence-electron chi connectivity index (χ2n) is 5.82. The zero-order valence-corrected chi connectivity index (χ0v) is 14.0. The number of ether oxygens (including phenoxy) is 1. The molecule has 3 rings (SSSR count). The van der Waals surface area contributed by atoms with Gasteiger partial charge in [0.15, 0.2) is 0 Å². The van der Waals surface area contributed by atoms with Gasteiger partial charge in [0.25, 0.3) is 0 Å². The fraction of sp³-hybridized carbons (Fsp3) is 0.500. The van der Waals surface area contributed by atoms with Gasteiger partial charge in [-0.2, -0.15) is 0 Å². The van der Waals surface area contributed by atoms with Crippen LogP contribution in [0.25, 0.3) is 0 Å². The van der Waals surface area contributed by atoms with E-state index in [0.717, 1.165) is 38.3 Å². The first kappa shape index (κ1) is 15.5. The fourth-order valence-electron chi connectivity index (χ4n) is 3.16. The Morgan fingerprint density at radius 1 is 1.27 bits per heavy atom. The molecule has 118 valence electrons. The standard InChI is InChI=1S/C18H24N2OS/c1-2-10-20(11-12-21-16-6-4-3-5-7-16)15-8-9-17-18(13-15)22-14-19-17/h3-7,14-15H,2,8-13H2,1H3. The molecule has 1 aliphatic rings. The summed E-state index contributed by atoms with van der Waals surface area (Å²) in [5.74, 6) is 0.965. The first-order valence-corrected chi connectivity index (χ1v) is 9.08. The van der Waals surface area contributed by atoms with E-state index in [4.69, 9.17) is 4.74 Å². The Labute approximate surface area is 137 Å². The Bertz CT molecular complexity index is 569. The molecular weight excluding hydrogens is 292 g/mol. The van der Waals surface area contributed by atoms with Gasteiger partial charge in [-0.1, -0.05) is 25.1 Å². The third-order valence-electron chi connectivity index (χ3n) is 4.28. The van der Waals surface area contributed by atoms with Crippen LogP contribution in [0.1, 0.15) is 30.3 Å². The average Bonchev–Trinajstić information content (AvgIpc) is 3.02. The second-order valence-corrected chi connectivity index (χ2v) is 6.76. The molecule has 1 heterocycles. The summed E-state index contributed by atoms with van der Waals surface area (Å²) in [6.45, 7) is 5.17. The summed E-state index contributed by atoms with van der Waals surface area (Å²) >= 11 is 1.82. The summed E-state index contributed by atoms with van der Waals surface area (Å²) in [5, 5.41) is 0. The van der Waals surface area contributed by atoms with Crippen molar-refractivity contribution in [2.45, 2.75) is 38.6 Å². The van der Waals surface area contributed by atoms with E-state index in [1.54, 1.807) is 0 Å². The van der Waals surface area contributed by atoms with Crippen molar-refractivity contribution in [3.8, 4) is 5.75 Å². The van der Waals surface area contributed by atoms with Gasteiger partial charge in [-0.3, -0.25) is 4.90 Å². The lowest BCUT2D eigenvalue weighted by Gasteiger charge is -2.33. The number of aryl methyl sites for hydroxylation is 1. The van der Waals surface area contributed by atoms with Crippen molar-refractivity contribution < 1.29 is 4.74 Å². The summed E-state index contributed by atoms with van der Waals surface area (Å²) in [6.07, 6.45) is 4.70. The van der Waals surface area contributed by atoms with Gasteiger partial charge in [0.1, 0.15) is 12.4 Å². The normalized spacial score (nSPS) is 17.5. The summed E-state index contributed by atoms with van der Waals surface area (Å²) < 4.78 is 5.88. The molecule has 3 nitrogen and oxygen atoms in total. The van der Waals surface area contributed by atoms with Gasteiger partial charge >= 0.3 is 0 Å². The number of aromatic nitrogens is 1. The molecule has 1 aliphatic carbocycles. The third-order valence-corrected chi connectivity index (χ3v) is 5.18. The quantitative estimate of drug-likeness (QED) is 0.777. The summed E-state index contributed by atoms with van der Waals surface area (Å²) in [5.41, 5.74) is 3.33. The van der Waals surface area contributed by atoms with Crippen LogP contribution in [-0.2, 0) is 12.8 Å². The van der Waals surface area contributed by atoms with Gasteiger partial charge in [-0.15, -0.1) is 11.3 Å². The minimum atomic E-state index is 0.646. The van der Waals surface area contributed by atoms with E-state index in [0.29, 0.717) is 6.04 Å². The highest BCUT2D eigenvalue weighted by Gasteiger charge is 2.25. The smallest absolute Gasteiger partial charge is 0.119 e. The van der Waals surface area contributed by atoms with Crippen molar-refractivity contribution >= 4 is 11.3 Å². The van der Waals surface area contributed by atoms with Crippen LogP contribution >= 0.6 is 11.3 Å². The van der Waals surface area contributed by atoms with Crippen LogP contribution < -0.4 is 4.74 Å². The van der Waals surface area contributed by atoms with Crippen LogP contribution in [0.2, 0.25) is 0 Å². The number of para-hydroxylation sites is 1. The minimum Gasteiger partial charge on any atom is -0.492 e. The maximum absolute atomic E-state index is 5.88. The monoisotopic (exact) mass is 316 g/mol. The van der Waals surface area contributed by atoms with E-state index < -0.39 is 0 Å². The van der Waals surface area contributed by atoms with Crippen LogP contribution in [0.3, 0.4) is 0 Å². The van der Waals surface area contributed by atoms with E-state index in [9.17, 15) is 0 Å². The highest BCUT2D eigenvalue weighted by molar-refractivity contribution is 7.09. The number of fused-ring (bicyclic) bond motifs is 1. The summed E-state index contributed by atoms with van der Waals surface area (Å²) in [6, 6.07) is 10.7. The van der Waals surface area contributed by atoms with Crippen molar-refractivity contribution in [3.05, 3.63) is 46.4 Å². The van der Waals surface area contributed by atoms with Gasteiger partial charge in [-0.25, -0.2) is 4.98 Å². The van der Waals surface area contributed by atoms with E-state index >= 15 is 0 Å². The predicted octanol–water partition coefficient (Wildman–Crippen LogP) is 3.79. The van der Waals surface area contributed by atoms with E-state index in [1.807, 2.05) is 47.2 Å². The Balaban J connectivity index is 1.54. The lowest BCUT2D eigenvalue weighted by atomic mass is 9.96. The highest BCUT2D eigenvalue weighted by atomic mass is 32.1. The number of hydrogen-bond acceptors (Lipinski definition) is 4. The number of benzene rings is 1. The lowest BCUT2D eigenvalue weighted by Crippen LogP contribution is -2.41. The SMILES string of the molecule is CCCN(CCOc1ccccc1)C1CCc2ncsc2C1. The zero-order chi connectivity index (χ0) is 15.2. The highest BCUT2D eigenvalue weighted by Crippen LogP contribution is 2.26. The Hall–Kier alpha value is -1.39. The molecule has 0 aliphatic heterocycles. The van der Waals surface area contributed by atoms with Crippen LogP contribution in [0.5, 0.6) is 5.75 Å². The van der Waals surface area contributed by atoms with Crippen molar-refractivity contribution in [2.75, 3.05) is 19.7 Å². The van der Waals surface area contributed by atoms with Gasteiger partial charge in [0, 0.05) is 17.5 Å². The molecule has 1 aromatic carbocycles. The number of rotatable bonds is 7. The molecule has 1 atom stereocenters. The number of thiazole rings is 1. The maximum Gasteiger partial charge on any atom is 0.119 e. The van der Waals surface area contributed by atoms with Gasteiger partial charge in [0.2, 0.25) is 0 Å². The molecule has 2 aromatic rings. The molecule has 4 heteroatoms. The van der Waals surface area contributed by atoms with Crippen molar-refractivity contribution in [1.82, 2.24) is 9.88 Å². The van der Waals surface area contributed by atoms with Gasteiger partial charge in [0.05, 0.1) is 11.2 Å². The molecule has 0 N–H and O–H groups in total. The molecule has 0 bridgehead atoms. The van der Waals surface area contributed by atoms with E-state index in [1.165, 1.54) is 23.4 Å². The van der Waals surface area contributed by atoms with Crippen molar-refractivity contribution in [3.63, 3.8) is 0 Å². The molecule has 0 fully saturated rings. The Morgan fingerprint density at radius 3 is 2.95 bits per heavy atom. The van der Waals surface area contributed by atoms with Gasteiger partial charge in [-0.05, 0) is 44.4 Å². The predicted molar refractivity (Wildman–Crippen MR) is 91.7 cm³/mol. The molecule has 0 spiro atoms. The first-order chi connectivity index (χ1) is 10.9. The minimum absolute atomic E-state index is 0.646. The average molecular weight is 316 g/mol. The molecule has 0 radical (unpaired) electrons. The molecule has 0 amide bonds. The van der Waals surface area contributed by atoms with E-state index in [2.05, 4.69) is 16.8 Å². The fourth-order valence-corrected chi connectivity index (χ4v) is 4.04. The molecule has 0 saturated carbocycles. The largest absolute Gasteiger partial charge is 0.492 e. The van der Waals surface area contributed by atoms with Crippen LogP contribution in [0, 0.1) is 0 Å². The molecule has 1 aromatic heterocycles. The molecule has 0 saturated heterocycles. The Morgan fingerprint density at radius 2 is 2.14 bits per heavy atom. The molecule has 22 heavy (non-hydrogen) atoms. The van der Waals surface area contributed by atoms with Crippen LogP contribution in [-0.4, -0.2) is 35.6 Å².